The molecule has 2 atom stereocenters. The van der Waals surface area contributed by atoms with E-state index in [4.69, 9.17) is 9.47 Å². The summed E-state index contributed by atoms with van der Waals surface area (Å²) < 4.78 is 102. The van der Waals surface area contributed by atoms with Crippen molar-refractivity contribution in [2.45, 2.75) is 63.3 Å². The molecule has 0 fully saturated rings. The molecule has 1 aromatic rings. The maximum absolute atomic E-state index is 14.1. The molecule has 2 nitrogen and oxygen atoms in total. The van der Waals surface area contributed by atoms with E-state index in [1.807, 2.05) is 6.92 Å². The summed E-state index contributed by atoms with van der Waals surface area (Å²) in [5, 5.41) is 0. The molecular formula is C17H21F7O2. The Morgan fingerprint density at radius 2 is 1.38 bits per heavy atom. The molecule has 0 saturated heterocycles. The Hall–Kier alpha value is -1.51. The van der Waals surface area contributed by atoms with Gasteiger partial charge in [-0.15, -0.1) is 0 Å². The molecule has 0 spiro atoms. The lowest BCUT2D eigenvalue weighted by atomic mass is 9.83. The van der Waals surface area contributed by atoms with Crippen molar-refractivity contribution in [3.8, 4) is 5.75 Å². The molecule has 0 aliphatic heterocycles. The summed E-state index contributed by atoms with van der Waals surface area (Å²) in [7, 11) is 0.927. The van der Waals surface area contributed by atoms with Crippen LogP contribution in [0.1, 0.15) is 39.2 Å². The first kappa shape index (κ1) is 22.5. The summed E-state index contributed by atoms with van der Waals surface area (Å²) in [5.41, 5.74) is -7.60. The average Bonchev–Trinajstić information content (AvgIpc) is 2.53. The number of halogens is 7. The minimum Gasteiger partial charge on any atom is -0.491 e. The smallest absolute Gasteiger partial charge is 0.431 e. The monoisotopic (exact) mass is 390 g/mol. The highest BCUT2D eigenvalue weighted by atomic mass is 19.4. The van der Waals surface area contributed by atoms with Crippen LogP contribution < -0.4 is 4.74 Å². The molecule has 1 rings (SSSR count). The highest BCUT2D eigenvalue weighted by molar-refractivity contribution is 5.31. The molecular weight excluding hydrogens is 369 g/mol. The van der Waals surface area contributed by atoms with Crippen LogP contribution in [0.5, 0.6) is 5.75 Å². The van der Waals surface area contributed by atoms with Gasteiger partial charge in [0.2, 0.25) is 0 Å². The van der Waals surface area contributed by atoms with Gasteiger partial charge in [0, 0.05) is 13.5 Å². The number of benzene rings is 1. The minimum atomic E-state index is -6.13. The summed E-state index contributed by atoms with van der Waals surface area (Å²) >= 11 is 0. The van der Waals surface area contributed by atoms with Gasteiger partial charge in [0.1, 0.15) is 5.75 Å². The van der Waals surface area contributed by atoms with E-state index in [0.717, 1.165) is 14.0 Å². The van der Waals surface area contributed by atoms with E-state index in [0.29, 0.717) is 12.2 Å². The van der Waals surface area contributed by atoms with Gasteiger partial charge >= 0.3 is 18.0 Å². The van der Waals surface area contributed by atoms with E-state index in [-0.39, 0.29) is 11.7 Å². The summed E-state index contributed by atoms with van der Waals surface area (Å²) in [5.74, 6) is 0.389. The first-order valence-electron chi connectivity index (χ1n) is 7.85. The fraction of sp³-hybridized carbons (Fsp3) is 0.647. The second kappa shape index (κ2) is 7.62. The van der Waals surface area contributed by atoms with E-state index in [9.17, 15) is 30.7 Å². The number of alkyl halides is 7. The van der Waals surface area contributed by atoms with Crippen LogP contribution in [0.2, 0.25) is 0 Å². The third kappa shape index (κ3) is 4.61. The minimum absolute atomic E-state index is 0.0352. The number of ether oxygens (including phenoxy) is 2. The zero-order valence-electron chi connectivity index (χ0n) is 14.8. The summed E-state index contributed by atoms with van der Waals surface area (Å²) in [6, 6.07) is 5.29. The molecule has 0 heterocycles. The Labute approximate surface area is 147 Å². The van der Waals surface area contributed by atoms with Gasteiger partial charge in [-0.2, -0.15) is 26.3 Å². The molecule has 0 N–H and O–H groups in total. The highest BCUT2D eigenvalue weighted by Gasteiger charge is 2.74. The van der Waals surface area contributed by atoms with Crippen molar-refractivity contribution in [2.24, 2.45) is 0 Å². The van der Waals surface area contributed by atoms with Gasteiger partial charge in [-0.05, 0) is 38.0 Å². The molecule has 0 amide bonds. The van der Waals surface area contributed by atoms with Crippen LogP contribution in [0, 0.1) is 0 Å². The molecule has 2 unspecified atom stereocenters. The van der Waals surface area contributed by atoms with Crippen molar-refractivity contribution >= 4 is 0 Å². The topological polar surface area (TPSA) is 18.5 Å². The van der Waals surface area contributed by atoms with Crippen molar-refractivity contribution in [2.75, 3.05) is 7.11 Å². The molecule has 0 saturated carbocycles. The van der Waals surface area contributed by atoms with Crippen molar-refractivity contribution < 1.29 is 40.2 Å². The molecule has 0 aliphatic rings. The average molecular weight is 390 g/mol. The number of methoxy groups -OCH3 is 1. The summed E-state index contributed by atoms with van der Waals surface area (Å²) in [6.07, 6.45) is -13.6. The van der Waals surface area contributed by atoms with Gasteiger partial charge in [-0.25, -0.2) is 4.39 Å². The van der Waals surface area contributed by atoms with Crippen LogP contribution in [0.4, 0.5) is 30.7 Å². The Morgan fingerprint density at radius 1 is 0.923 bits per heavy atom. The molecule has 1 aromatic carbocycles. The van der Waals surface area contributed by atoms with Gasteiger partial charge in [0.15, 0.2) is 0 Å². The lowest BCUT2D eigenvalue weighted by molar-refractivity contribution is -0.353. The van der Waals surface area contributed by atoms with Crippen molar-refractivity contribution in [1.29, 1.82) is 0 Å². The molecule has 150 valence electrons. The van der Waals surface area contributed by atoms with Crippen molar-refractivity contribution in [1.82, 2.24) is 0 Å². The summed E-state index contributed by atoms with van der Waals surface area (Å²) in [4.78, 5) is 0. The molecule has 9 heteroatoms. The van der Waals surface area contributed by atoms with Gasteiger partial charge in [-0.1, -0.05) is 19.1 Å². The van der Waals surface area contributed by atoms with Crippen LogP contribution in [-0.4, -0.2) is 31.2 Å². The van der Waals surface area contributed by atoms with Gasteiger partial charge in [-0.3, -0.25) is 0 Å². The van der Waals surface area contributed by atoms with Crippen molar-refractivity contribution in [3.63, 3.8) is 0 Å². The van der Waals surface area contributed by atoms with E-state index < -0.39 is 30.0 Å². The number of rotatable bonds is 7. The SMILES string of the molecule is CCC(C)Oc1ccc(C(C)(CC(F)(C(F)(F)F)C(F)(F)F)OC)cc1. The molecule has 0 bridgehead atoms. The molecule has 0 aromatic heterocycles. The predicted molar refractivity (Wildman–Crippen MR) is 81.8 cm³/mol. The van der Waals surface area contributed by atoms with Crippen LogP contribution in [0.15, 0.2) is 24.3 Å². The standard InChI is InChI=1S/C17H21F7O2/c1-5-11(2)26-13-8-6-12(7-9-13)14(3,25-4)10-15(18,16(19,20)21)17(22,23)24/h6-9,11H,5,10H2,1-4H3. The molecule has 0 radical (unpaired) electrons. The van der Waals surface area contributed by atoms with Crippen LogP contribution in [0.3, 0.4) is 0 Å². The largest absolute Gasteiger partial charge is 0.491 e. The Kier molecular flexibility index (Phi) is 6.60. The molecule has 0 aliphatic carbocycles. The van der Waals surface area contributed by atoms with Crippen LogP contribution >= 0.6 is 0 Å². The second-order valence-electron chi connectivity index (χ2n) is 6.27. The second-order valence-corrected chi connectivity index (χ2v) is 6.27. The fourth-order valence-electron chi connectivity index (χ4n) is 2.32. The number of hydrogen-bond acceptors (Lipinski definition) is 2. The zero-order valence-corrected chi connectivity index (χ0v) is 14.8. The van der Waals surface area contributed by atoms with Gasteiger partial charge in [0.05, 0.1) is 11.7 Å². The van der Waals surface area contributed by atoms with Crippen LogP contribution in [-0.2, 0) is 10.3 Å². The van der Waals surface area contributed by atoms with E-state index in [1.165, 1.54) is 24.3 Å². The first-order valence-corrected chi connectivity index (χ1v) is 7.85. The maximum Gasteiger partial charge on any atom is 0.431 e. The third-order valence-corrected chi connectivity index (χ3v) is 4.31. The highest BCUT2D eigenvalue weighted by Crippen LogP contribution is 2.52. The quantitative estimate of drug-likeness (QED) is 0.536. The predicted octanol–water partition coefficient (Wildman–Crippen LogP) is 5.95. The Morgan fingerprint density at radius 3 is 1.73 bits per heavy atom. The fourth-order valence-corrected chi connectivity index (χ4v) is 2.32. The lowest BCUT2D eigenvalue weighted by Crippen LogP contribution is -2.56. The lowest BCUT2D eigenvalue weighted by Gasteiger charge is -2.38. The molecule has 26 heavy (non-hydrogen) atoms. The zero-order chi connectivity index (χ0) is 20.4. The third-order valence-electron chi connectivity index (χ3n) is 4.31. The van der Waals surface area contributed by atoms with E-state index >= 15 is 0 Å². The van der Waals surface area contributed by atoms with Crippen LogP contribution in [0.25, 0.3) is 0 Å². The first-order chi connectivity index (χ1) is 11.7. The van der Waals surface area contributed by atoms with Gasteiger partial charge < -0.3 is 9.47 Å². The van der Waals surface area contributed by atoms with Crippen molar-refractivity contribution in [3.05, 3.63) is 29.8 Å². The van der Waals surface area contributed by atoms with E-state index in [1.54, 1.807) is 6.92 Å². The number of hydrogen-bond donors (Lipinski definition) is 0. The Bertz CT molecular complexity index is 566. The summed E-state index contributed by atoms with van der Waals surface area (Å²) in [6.45, 7) is 4.66. The normalized spacial score (nSPS) is 16.9. The maximum atomic E-state index is 14.1. The Balaban J connectivity index is 3.21. The van der Waals surface area contributed by atoms with Gasteiger partial charge in [0.25, 0.3) is 0 Å². The van der Waals surface area contributed by atoms with E-state index in [2.05, 4.69) is 0 Å².